The second-order valence-electron chi connectivity index (χ2n) is 5.64. The number of hydrogen-bond acceptors (Lipinski definition) is 2. The Bertz CT molecular complexity index is 652. The summed E-state index contributed by atoms with van der Waals surface area (Å²) < 4.78 is 16.4. The van der Waals surface area contributed by atoms with Gasteiger partial charge in [-0.3, -0.25) is 0 Å². The molecule has 1 aliphatic rings. The molecule has 3 rings (SSSR count). The minimum atomic E-state index is -0.266. The number of hydrogen-bond donors (Lipinski definition) is 0. The van der Waals surface area contributed by atoms with Crippen LogP contribution in [-0.4, -0.2) is 34.1 Å². The first-order valence-corrected chi connectivity index (χ1v) is 8.57. The number of aromatic nitrogens is 2. The molecule has 114 valence electrons. The van der Waals surface area contributed by atoms with Gasteiger partial charge in [-0.25, -0.2) is 9.37 Å². The lowest BCUT2D eigenvalue weighted by atomic mass is 10.2. The van der Waals surface area contributed by atoms with Gasteiger partial charge in [0.25, 0.3) is 0 Å². The second-order valence-corrected chi connectivity index (χ2v) is 6.77. The zero-order valence-electron chi connectivity index (χ0n) is 12.0. The van der Waals surface area contributed by atoms with E-state index in [1.54, 1.807) is 12.1 Å². The zero-order chi connectivity index (χ0) is 15.0. The van der Waals surface area contributed by atoms with Crippen LogP contribution in [0.15, 0.2) is 16.6 Å². The number of imidazole rings is 1. The van der Waals surface area contributed by atoms with Crippen molar-refractivity contribution in [2.75, 3.05) is 19.6 Å². The number of likely N-dealkylation sites (tertiary alicyclic amines) is 1. The Morgan fingerprint density at radius 1 is 1.38 bits per heavy atom. The second kappa shape index (κ2) is 6.23. The SMILES string of the molecule is CC(CN1CCCC1)n1c(CCl)nc2cc(Br)c(F)cc21. The van der Waals surface area contributed by atoms with Gasteiger partial charge < -0.3 is 9.47 Å². The van der Waals surface area contributed by atoms with Gasteiger partial charge in [-0.2, -0.15) is 0 Å². The Kier molecular flexibility index (Phi) is 4.52. The standard InChI is InChI=1S/C15H18BrClFN3/c1-10(9-20-4-2-3-5-20)21-14-7-12(18)11(16)6-13(14)19-15(21)8-17/h6-7,10H,2-5,8-9H2,1H3. The number of halogens is 3. The molecule has 0 spiro atoms. The van der Waals surface area contributed by atoms with Crippen molar-refractivity contribution in [1.29, 1.82) is 0 Å². The van der Waals surface area contributed by atoms with E-state index in [-0.39, 0.29) is 11.9 Å². The molecule has 0 bridgehead atoms. The number of rotatable bonds is 4. The summed E-state index contributed by atoms with van der Waals surface area (Å²) in [6.07, 6.45) is 2.53. The molecule has 0 amide bonds. The molecule has 21 heavy (non-hydrogen) atoms. The van der Waals surface area contributed by atoms with Gasteiger partial charge >= 0.3 is 0 Å². The van der Waals surface area contributed by atoms with Crippen LogP contribution >= 0.6 is 27.5 Å². The van der Waals surface area contributed by atoms with E-state index >= 15 is 0 Å². The fourth-order valence-electron chi connectivity index (χ4n) is 3.15. The highest BCUT2D eigenvalue weighted by molar-refractivity contribution is 9.10. The summed E-state index contributed by atoms with van der Waals surface area (Å²) in [6.45, 7) is 5.39. The van der Waals surface area contributed by atoms with Gasteiger partial charge in [0.1, 0.15) is 11.6 Å². The third-order valence-corrected chi connectivity index (χ3v) is 4.93. The molecular formula is C15H18BrClFN3. The van der Waals surface area contributed by atoms with Crippen LogP contribution in [0.4, 0.5) is 4.39 Å². The number of fused-ring (bicyclic) bond motifs is 1. The predicted octanol–water partition coefficient (Wildman–Crippen LogP) is 4.33. The quantitative estimate of drug-likeness (QED) is 0.743. The first-order chi connectivity index (χ1) is 10.1. The highest BCUT2D eigenvalue weighted by Crippen LogP contribution is 2.28. The highest BCUT2D eigenvalue weighted by atomic mass is 79.9. The van der Waals surface area contributed by atoms with E-state index in [4.69, 9.17) is 11.6 Å². The minimum absolute atomic E-state index is 0.224. The van der Waals surface area contributed by atoms with Crippen molar-refractivity contribution in [1.82, 2.24) is 14.5 Å². The van der Waals surface area contributed by atoms with E-state index in [0.29, 0.717) is 10.4 Å². The first-order valence-electron chi connectivity index (χ1n) is 7.24. The van der Waals surface area contributed by atoms with Gasteiger partial charge in [0.05, 0.1) is 21.4 Å². The lowest BCUT2D eigenvalue weighted by Gasteiger charge is -2.23. The maximum absolute atomic E-state index is 13.9. The van der Waals surface area contributed by atoms with E-state index in [2.05, 4.69) is 37.3 Å². The topological polar surface area (TPSA) is 21.1 Å². The number of benzene rings is 1. The molecule has 1 aliphatic heterocycles. The average molecular weight is 375 g/mol. The van der Waals surface area contributed by atoms with Crippen molar-refractivity contribution in [3.05, 3.63) is 28.2 Å². The molecule has 2 aromatic rings. The van der Waals surface area contributed by atoms with Crippen LogP contribution in [0, 0.1) is 5.82 Å². The van der Waals surface area contributed by atoms with Crippen LogP contribution < -0.4 is 0 Å². The Labute approximate surface area is 137 Å². The normalized spacial score (nSPS) is 17.7. The molecule has 2 heterocycles. The Hall–Kier alpha value is -0.650. The molecule has 0 radical (unpaired) electrons. The lowest BCUT2D eigenvalue weighted by molar-refractivity contribution is 0.288. The van der Waals surface area contributed by atoms with Crippen molar-refractivity contribution < 1.29 is 4.39 Å². The van der Waals surface area contributed by atoms with E-state index in [1.807, 2.05) is 0 Å². The fourth-order valence-corrected chi connectivity index (χ4v) is 3.67. The van der Waals surface area contributed by atoms with Crippen LogP contribution in [0.3, 0.4) is 0 Å². The molecule has 0 N–H and O–H groups in total. The smallest absolute Gasteiger partial charge is 0.139 e. The van der Waals surface area contributed by atoms with Crippen molar-refractivity contribution in [2.24, 2.45) is 0 Å². The molecule has 3 nitrogen and oxygen atoms in total. The van der Waals surface area contributed by atoms with Crippen LogP contribution in [-0.2, 0) is 5.88 Å². The lowest BCUT2D eigenvalue weighted by Crippen LogP contribution is -2.27. The number of nitrogens with zero attached hydrogens (tertiary/aromatic N) is 3. The predicted molar refractivity (Wildman–Crippen MR) is 87.3 cm³/mol. The average Bonchev–Trinajstić information content (AvgIpc) is 3.06. The molecule has 1 aromatic heterocycles. The van der Waals surface area contributed by atoms with Gasteiger partial charge in [-0.1, -0.05) is 0 Å². The summed E-state index contributed by atoms with van der Waals surface area (Å²) in [7, 11) is 0. The van der Waals surface area contributed by atoms with Gasteiger partial charge in [-0.05, 0) is 54.9 Å². The van der Waals surface area contributed by atoms with Gasteiger partial charge in [0.2, 0.25) is 0 Å². The van der Waals surface area contributed by atoms with E-state index in [1.165, 1.54) is 12.8 Å². The van der Waals surface area contributed by atoms with Gasteiger partial charge in [-0.15, -0.1) is 11.6 Å². The van der Waals surface area contributed by atoms with Crippen LogP contribution in [0.1, 0.15) is 31.6 Å². The summed E-state index contributed by atoms with van der Waals surface area (Å²) in [5.41, 5.74) is 1.60. The summed E-state index contributed by atoms with van der Waals surface area (Å²) in [6, 6.07) is 3.49. The number of alkyl halides is 1. The van der Waals surface area contributed by atoms with Crippen molar-refractivity contribution in [2.45, 2.75) is 31.7 Å². The van der Waals surface area contributed by atoms with Crippen molar-refractivity contribution >= 4 is 38.6 Å². The summed E-state index contributed by atoms with van der Waals surface area (Å²) in [5.74, 6) is 0.868. The van der Waals surface area contributed by atoms with Crippen molar-refractivity contribution in [3.63, 3.8) is 0 Å². The monoisotopic (exact) mass is 373 g/mol. The molecule has 0 aliphatic carbocycles. The summed E-state index contributed by atoms with van der Waals surface area (Å²) in [4.78, 5) is 6.99. The van der Waals surface area contributed by atoms with Crippen LogP contribution in [0.2, 0.25) is 0 Å². The largest absolute Gasteiger partial charge is 0.323 e. The molecule has 6 heteroatoms. The molecule has 1 saturated heterocycles. The molecule has 1 fully saturated rings. The maximum Gasteiger partial charge on any atom is 0.139 e. The first kappa shape index (κ1) is 15.3. The van der Waals surface area contributed by atoms with Gasteiger partial charge in [0.15, 0.2) is 0 Å². The maximum atomic E-state index is 13.9. The Morgan fingerprint density at radius 2 is 2.10 bits per heavy atom. The fraction of sp³-hybridized carbons (Fsp3) is 0.533. The molecule has 0 saturated carbocycles. The molecule has 1 unspecified atom stereocenters. The van der Waals surface area contributed by atoms with Crippen LogP contribution in [0.5, 0.6) is 0 Å². The van der Waals surface area contributed by atoms with Gasteiger partial charge in [0, 0.05) is 18.7 Å². The highest BCUT2D eigenvalue weighted by Gasteiger charge is 2.20. The summed E-state index contributed by atoms with van der Waals surface area (Å²) >= 11 is 9.26. The third kappa shape index (κ3) is 2.96. The zero-order valence-corrected chi connectivity index (χ0v) is 14.3. The van der Waals surface area contributed by atoms with E-state index in [0.717, 1.165) is 36.5 Å². The molecule has 1 aromatic carbocycles. The summed E-state index contributed by atoms with van der Waals surface area (Å²) in [5, 5.41) is 0. The van der Waals surface area contributed by atoms with E-state index < -0.39 is 0 Å². The van der Waals surface area contributed by atoms with Crippen LogP contribution in [0.25, 0.3) is 11.0 Å². The Balaban J connectivity index is 2.00. The minimum Gasteiger partial charge on any atom is -0.323 e. The Morgan fingerprint density at radius 3 is 2.76 bits per heavy atom. The molecular weight excluding hydrogens is 357 g/mol. The molecule has 1 atom stereocenters. The van der Waals surface area contributed by atoms with Crippen molar-refractivity contribution in [3.8, 4) is 0 Å². The van der Waals surface area contributed by atoms with E-state index in [9.17, 15) is 4.39 Å². The third-order valence-electron chi connectivity index (χ3n) is 4.09.